The zero-order chi connectivity index (χ0) is 17.9. The molecule has 0 heterocycles. The third-order valence-corrected chi connectivity index (χ3v) is 3.97. The lowest BCUT2D eigenvalue weighted by molar-refractivity contribution is 0.0952. The average Bonchev–Trinajstić information content (AvgIpc) is 2.66. The van der Waals surface area contributed by atoms with Crippen molar-refractivity contribution in [1.29, 1.82) is 0 Å². The van der Waals surface area contributed by atoms with Crippen molar-refractivity contribution in [2.45, 2.75) is 32.6 Å². The molecule has 2 aromatic carbocycles. The van der Waals surface area contributed by atoms with E-state index in [-0.39, 0.29) is 11.8 Å². The monoisotopic (exact) mass is 338 g/mol. The number of hydrogen-bond acceptors (Lipinski definition) is 2. The average molecular weight is 338 g/mol. The molecule has 0 spiro atoms. The van der Waals surface area contributed by atoms with E-state index in [1.54, 1.807) is 24.3 Å². The highest BCUT2D eigenvalue weighted by atomic mass is 16.2. The number of carbonyl (C=O) groups excluding carboxylic acids is 2. The Morgan fingerprint density at radius 1 is 0.800 bits per heavy atom. The van der Waals surface area contributed by atoms with Crippen molar-refractivity contribution in [3.63, 3.8) is 0 Å². The van der Waals surface area contributed by atoms with Gasteiger partial charge in [-0.2, -0.15) is 0 Å². The number of unbranched alkanes of at least 4 members (excludes halogenated alkanes) is 1. The zero-order valence-corrected chi connectivity index (χ0v) is 14.8. The van der Waals surface area contributed by atoms with E-state index in [1.807, 2.05) is 18.2 Å². The molecule has 2 amide bonds. The van der Waals surface area contributed by atoms with Crippen molar-refractivity contribution in [1.82, 2.24) is 10.6 Å². The van der Waals surface area contributed by atoms with Crippen molar-refractivity contribution in [3.05, 3.63) is 71.3 Å². The van der Waals surface area contributed by atoms with Crippen molar-refractivity contribution < 1.29 is 9.59 Å². The van der Waals surface area contributed by atoms with E-state index in [0.29, 0.717) is 24.2 Å². The first-order valence-electron chi connectivity index (χ1n) is 8.91. The van der Waals surface area contributed by atoms with Crippen molar-refractivity contribution >= 4 is 11.8 Å². The topological polar surface area (TPSA) is 58.2 Å². The Bertz CT molecular complexity index is 683. The van der Waals surface area contributed by atoms with Crippen molar-refractivity contribution in [2.75, 3.05) is 13.1 Å². The van der Waals surface area contributed by atoms with Crippen LogP contribution in [0.15, 0.2) is 54.6 Å². The SMILES string of the molecule is CCCCNC(=O)c1cccc(C(=O)NCCCc2ccccc2)c1. The molecule has 0 saturated heterocycles. The van der Waals surface area contributed by atoms with E-state index < -0.39 is 0 Å². The van der Waals surface area contributed by atoms with Gasteiger partial charge in [-0.05, 0) is 43.0 Å². The summed E-state index contributed by atoms with van der Waals surface area (Å²) in [4.78, 5) is 24.3. The summed E-state index contributed by atoms with van der Waals surface area (Å²) in [5.41, 5.74) is 2.30. The Balaban J connectivity index is 1.81. The van der Waals surface area contributed by atoms with Crippen LogP contribution >= 0.6 is 0 Å². The van der Waals surface area contributed by atoms with Gasteiger partial charge in [0.1, 0.15) is 0 Å². The predicted octanol–water partition coefficient (Wildman–Crippen LogP) is 3.58. The van der Waals surface area contributed by atoms with Crippen LogP contribution in [0.2, 0.25) is 0 Å². The molecule has 0 atom stereocenters. The van der Waals surface area contributed by atoms with Gasteiger partial charge in [-0.1, -0.05) is 49.7 Å². The fraction of sp³-hybridized carbons (Fsp3) is 0.333. The molecule has 25 heavy (non-hydrogen) atoms. The summed E-state index contributed by atoms with van der Waals surface area (Å²) in [5.74, 6) is -0.275. The van der Waals surface area contributed by atoms with E-state index in [0.717, 1.165) is 25.7 Å². The van der Waals surface area contributed by atoms with Gasteiger partial charge in [0.2, 0.25) is 0 Å². The minimum Gasteiger partial charge on any atom is -0.352 e. The van der Waals surface area contributed by atoms with E-state index in [1.165, 1.54) is 5.56 Å². The lowest BCUT2D eigenvalue weighted by Crippen LogP contribution is -2.27. The highest BCUT2D eigenvalue weighted by Crippen LogP contribution is 2.06. The smallest absolute Gasteiger partial charge is 0.251 e. The second-order valence-corrected chi connectivity index (χ2v) is 6.04. The number of aryl methyl sites for hydroxylation is 1. The summed E-state index contributed by atoms with van der Waals surface area (Å²) >= 11 is 0. The molecule has 0 aliphatic rings. The van der Waals surface area contributed by atoms with Crippen LogP contribution in [0, 0.1) is 0 Å². The Hall–Kier alpha value is -2.62. The first kappa shape index (κ1) is 18.7. The van der Waals surface area contributed by atoms with Gasteiger partial charge < -0.3 is 10.6 Å². The number of rotatable bonds is 9. The quantitative estimate of drug-likeness (QED) is 0.687. The normalized spacial score (nSPS) is 10.3. The molecule has 0 radical (unpaired) electrons. The van der Waals surface area contributed by atoms with Gasteiger partial charge in [-0.25, -0.2) is 0 Å². The standard InChI is InChI=1S/C21H26N2O2/c1-2-3-14-22-20(24)18-12-7-13-19(16-18)21(25)23-15-8-11-17-9-5-4-6-10-17/h4-7,9-10,12-13,16H,2-3,8,11,14-15H2,1H3,(H,22,24)(H,23,25). The van der Waals surface area contributed by atoms with Gasteiger partial charge in [-0.15, -0.1) is 0 Å². The number of amides is 2. The Labute approximate surface area is 149 Å². The fourth-order valence-electron chi connectivity index (χ4n) is 2.52. The van der Waals surface area contributed by atoms with E-state index in [2.05, 4.69) is 29.7 Å². The molecule has 0 aliphatic carbocycles. The minimum absolute atomic E-state index is 0.132. The van der Waals surface area contributed by atoms with Crippen LogP contribution in [0.25, 0.3) is 0 Å². The van der Waals surface area contributed by atoms with Gasteiger partial charge in [0.15, 0.2) is 0 Å². The molecule has 132 valence electrons. The molecule has 0 bridgehead atoms. The first-order chi connectivity index (χ1) is 12.2. The second-order valence-electron chi connectivity index (χ2n) is 6.04. The maximum Gasteiger partial charge on any atom is 0.251 e. The number of carbonyl (C=O) groups is 2. The molecule has 2 rings (SSSR count). The van der Waals surface area contributed by atoms with E-state index >= 15 is 0 Å². The van der Waals surface area contributed by atoms with E-state index in [9.17, 15) is 9.59 Å². The zero-order valence-electron chi connectivity index (χ0n) is 14.8. The molecule has 0 aliphatic heterocycles. The van der Waals surface area contributed by atoms with Crippen LogP contribution in [-0.2, 0) is 6.42 Å². The second kappa shape index (κ2) is 10.3. The molecular formula is C21H26N2O2. The molecule has 0 fully saturated rings. The Kier molecular flexibility index (Phi) is 7.70. The van der Waals surface area contributed by atoms with Crippen LogP contribution in [0.5, 0.6) is 0 Å². The number of nitrogens with one attached hydrogen (secondary N) is 2. The number of hydrogen-bond donors (Lipinski definition) is 2. The predicted molar refractivity (Wildman–Crippen MR) is 101 cm³/mol. The van der Waals surface area contributed by atoms with Crippen molar-refractivity contribution in [2.24, 2.45) is 0 Å². The summed E-state index contributed by atoms with van der Waals surface area (Å²) in [6, 6.07) is 17.1. The molecule has 2 aromatic rings. The summed E-state index contributed by atoms with van der Waals surface area (Å²) < 4.78 is 0. The van der Waals surface area contributed by atoms with Crippen molar-refractivity contribution in [3.8, 4) is 0 Å². The molecule has 0 unspecified atom stereocenters. The molecule has 0 saturated carbocycles. The molecule has 4 nitrogen and oxygen atoms in total. The molecule has 0 aromatic heterocycles. The summed E-state index contributed by atoms with van der Waals surface area (Å²) in [5, 5.41) is 5.78. The molecule has 2 N–H and O–H groups in total. The molecular weight excluding hydrogens is 312 g/mol. The van der Waals surface area contributed by atoms with Gasteiger partial charge >= 0.3 is 0 Å². The number of benzene rings is 2. The van der Waals surface area contributed by atoms with Crippen LogP contribution in [0.3, 0.4) is 0 Å². The van der Waals surface area contributed by atoms with Crippen LogP contribution in [0.4, 0.5) is 0 Å². The van der Waals surface area contributed by atoms with E-state index in [4.69, 9.17) is 0 Å². The summed E-state index contributed by atoms with van der Waals surface area (Å²) in [6.45, 7) is 3.35. The minimum atomic E-state index is -0.142. The van der Waals surface area contributed by atoms with Gasteiger partial charge in [-0.3, -0.25) is 9.59 Å². The fourth-order valence-corrected chi connectivity index (χ4v) is 2.52. The van der Waals surface area contributed by atoms with Gasteiger partial charge in [0, 0.05) is 24.2 Å². The van der Waals surface area contributed by atoms with Crippen LogP contribution < -0.4 is 10.6 Å². The van der Waals surface area contributed by atoms with Crippen LogP contribution in [-0.4, -0.2) is 24.9 Å². The van der Waals surface area contributed by atoms with Crippen LogP contribution in [0.1, 0.15) is 52.5 Å². The lowest BCUT2D eigenvalue weighted by Gasteiger charge is -2.08. The highest BCUT2D eigenvalue weighted by Gasteiger charge is 2.09. The highest BCUT2D eigenvalue weighted by molar-refractivity contribution is 5.99. The lowest BCUT2D eigenvalue weighted by atomic mass is 10.1. The maximum atomic E-state index is 12.2. The summed E-state index contributed by atoms with van der Waals surface area (Å²) in [6.07, 6.45) is 3.80. The van der Waals surface area contributed by atoms with Gasteiger partial charge in [0.05, 0.1) is 0 Å². The maximum absolute atomic E-state index is 12.2. The first-order valence-corrected chi connectivity index (χ1v) is 8.91. The third-order valence-electron chi connectivity index (χ3n) is 3.97. The largest absolute Gasteiger partial charge is 0.352 e. The Morgan fingerprint density at radius 2 is 1.40 bits per heavy atom. The summed E-state index contributed by atoms with van der Waals surface area (Å²) in [7, 11) is 0. The van der Waals surface area contributed by atoms with Gasteiger partial charge in [0.25, 0.3) is 11.8 Å². The third kappa shape index (κ3) is 6.42. The Morgan fingerprint density at radius 3 is 2.00 bits per heavy atom. The molecule has 4 heteroatoms.